The Labute approximate surface area is 152 Å². The molecular weight excluding hydrogens is 389 g/mol. The van der Waals surface area contributed by atoms with Gasteiger partial charge in [0.05, 0.1) is 0 Å². The number of benzene rings is 1. The fourth-order valence-electron chi connectivity index (χ4n) is 1.86. The smallest absolute Gasteiger partial charge is 0.191 e. The first-order valence-electron chi connectivity index (χ1n) is 7.67. The Morgan fingerprint density at radius 1 is 1.18 bits per heavy atom. The summed E-state index contributed by atoms with van der Waals surface area (Å²) >= 11 is 0. The van der Waals surface area contributed by atoms with E-state index in [1.165, 1.54) is 6.42 Å². The lowest BCUT2D eigenvalue weighted by Crippen LogP contribution is -2.37. The van der Waals surface area contributed by atoms with Crippen LogP contribution in [0.2, 0.25) is 0 Å². The molecule has 0 aliphatic heterocycles. The average molecular weight is 419 g/mol. The number of hydrogen-bond donors (Lipinski definition) is 2. The summed E-state index contributed by atoms with van der Waals surface area (Å²) in [6.45, 7) is 9.99. The minimum Gasteiger partial charge on any atom is -0.488 e. The van der Waals surface area contributed by atoms with E-state index in [0.717, 1.165) is 30.2 Å². The minimum atomic E-state index is -0.197. The molecule has 0 heterocycles. The Hall–Kier alpha value is -0.980. The second-order valence-electron chi connectivity index (χ2n) is 6.03. The first-order chi connectivity index (χ1) is 9.96. The number of hydrogen-bond acceptors (Lipinski definition) is 2. The van der Waals surface area contributed by atoms with Gasteiger partial charge in [0.1, 0.15) is 11.4 Å². The Balaban J connectivity index is 0.00000441. The standard InChI is InChI=1S/C17H29N3O.HI/c1-6-7-12-19-16(18-5)20-13-14-10-8-9-11-15(14)21-17(2,3)4;/h8-11H,6-7,12-13H2,1-5H3,(H2,18,19,20);1H. The van der Waals surface area contributed by atoms with Gasteiger partial charge in [0, 0.05) is 25.7 Å². The molecule has 0 unspecified atom stereocenters. The molecule has 4 nitrogen and oxygen atoms in total. The average Bonchev–Trinajstić information content (AvgIpc) is 2.42. The maximum absolute atomic E-state index is 6.00. The van der Waals surface area contributed by atoms with Gasteiger partial charge in [-0.25, -0.2) is 0 Å². The van der Waals surface area contributed by atoms with E-state index in [0.29, 0.717) is 6.54 Å². The Kier molecular flexibility index (Phi) is 10.2. The van der Waals surface area contributed by atoms with Crippen LogP contribution in [0, 0.1) is 0 Å². The van der Waals surface area contributed by atoms with Crippen LogP contribution in [0.1, 0.15) is 46.1 Å². The van der Waals surface area contributed by atoms with Crippen LogP contribution < -0.4 is 15.4 Å². The van der Waals surface area contributed by atoms with Gasteiger partial charge in [-0.15, -0.1) is 24.0 Å². The number of rotatable bonds is 6. The van der Waals surface area contributed by atoms with Crippen molar-refractivity contribution in [1.82, 2.24) is 10.6 Å². The van der Waals surface area contributed by atoms with Crippen molar-refractivity contribution >= 4 is 29.9 Å². The Morgan fingerprint density at radius 3 is 2.45 bits per heavy atom. The quantitative estimate of drug-likeness (QED) is 0.318. The van der Waals surface area contributed by atoms with Gasteiger partial charge in [0.15, 0.2) is 5.96 Å². The van der Waals surface area contributed by atoms with Crippen molar-refractivity contribution in [3.05, 3.63) is 29.8 Å². The van der Waals surface area contributed by atoms with Crippen molar-refractivity contribution in [2.45, 2.75) is 52.7 Å². The van der Waals surface area contributed by atoms with Crippen molar-refractivity contribution in [1.29, 1.82) is 0 Å². The molecule has 0 spiro atoms. The maximum atomic E-state index is 6.00. The minimum absolute atomic E-state index is 0. The van der Waals surface area contributed by atoms with Gasteiger partial charge in [-0.3, -0.25) is 4.99 Å². The van der Waals surface area contributed by atoms with Crippen LogP contribution in [-0.2, 0) is 6.54 Å². The summed E-state index contributed by atoms with van der Waals surface area (Å²) < 4.78 is 6.00. The van der Waals surface area contributed by atoms with Crippen molar-refractivity contribution in [3.63, 3.8) is 0 Å². The fraction of sp³-hybridized carbons (Fsp3) is 0.588. The molecule has 0 bridgehead atoms. The number of unbranched alkanes of at least 4 members (excludes halogenated alkanes) is 1. The number of halogens is 1. The van der Waals surface area contributed by atoms with Gasteiger partial charge < -0.3 is 15.4 Å². The van der Waals surface area contributed by atoms with Crippen LogP contribution in [0.25, 0.3) is 0 Å². The van der Waals surface area contributed by atoms with E-state index in [1.807, 2.05) is 18.2 Å². The largest absolute Gasteiger partial charge is 0.488 e. The zero-order chi connectivity index (χ0) is 15.7. The number of guanidine groups is 1. The van der Waals surface area contributed by atoms with Crippen molar-refractivity contribution in [2.75, 3.05) is 13.6 Å². The van der Waals surface area contributed by atoms with Gasteiger partial charge in [-0.05, 0) is 33.3 Å². The molecule has 0 saturated heterocycles. The molecule has 2 N–H and O–H groups in total. The molecule has 0 fully saturated rings. The highest BCUT2D eigenvalue weighted by atomic mass is 127. The number of para-hydroxylation sites is 1. The fourth-order valence-corrected chi connectivity index (χ4v) is 1.86. The lowest BCUT2D eigenvalue weighted by atomic mass is 10.1. The summed E-state index contributed by atoms with van der Waals surface area (Å²) in [6, 6.07) is 8.11. The Morgan fingerprint density at radius 2 is 1.86 bits per heavy atom. The lowest BCUT2D eigenvalue weighted by molar-refractivity contribution is 0.129. The van der Waals surface area contributed by atoms with Crippen LogP contribution in [0.5, 0.6) is 5.75 Å². The van der Waals surface area contributed by atoms with Gasteiger partial charge >= 0.3 is 0 Å². The molecule has 0 amide bonds. The van der Waals surface area contributed by atoms with E-state index in [4.69, 9.17) is 4.74 Å². The van der Waals surface area contributed by atoms with Crippen LogP contribution in [0.4, 0.5) is 0 Å². The number of nitrogens with zero attached hydrogens (tertiary/aromatic N) is 1. The predicted molar refractivity (Wildman–Crippen MR) is 105 cm³/mol. The van der Waals surface area contributed by atoms with Gasteiger partial charge in [0.25, 0.3) is 0 Å². The monoisotopic (exact) mass is 419 g/mol. The molecular formula is C17H30IN3O. The highest BCUT2D eigenvalue weighted by molar-refractivity contribution is 14.0. The molecule has 0 radical (unpaired) electrons. The van der Waals surface area contributed by atoms with E-state index in [9.17, 15) is 0 Å². The third kappa shape index (κ3) is 8.46. The molecule has 126 valence electrons. The van der Waals surface area contributed by atoms with Crippen LogP contribution in [-0.4, -0.2) is 25.2 Å². The predicted octanol–water partition coefficient (Wildman–Crippen LogP) is 3.95. The second kappa shape index (κ2) is 10.7. The molecule has 0 aromatic heterocycles. The summed E-state index contributed by atoms with van der Waals surface area (Å²) in [6.07, 6.45) is 2.32. The van der Waals surface area contributed by atoms with Crippen LogP contribution in [0.15, 0.2) is 29.3 Å². The molecule has 22 heavy (non-hydrogen) atoms. The van der Waals surface area contributed by atoms with Crippen molar-refractivity contribution in [3.8, 4) is 5.75 Å². The lowest BCUT2D eigenvalue weighted by Gasteiger charge is -2.23. The molecule has 1 aromatic carbocycles. The summed E-state index contributed by atoms with van der Waals surface area (Å²) in [5.41, 5.74) is 0.933. The van der Waals surface area contributed by atoms with Crippen molar-refractivity contribution in [2.24, 2.45) is 4.99 Å². The van der Waals surface area contributed by atoms with E-state index in [2.05, 4.69) is 49.4 Å². The molecule has 1 aromatic rings. The van der Waals surface area contributed by atoms with E-state index in [1.54, 1.807) is 7.05 Å². The number of ether oxygens (including phenoxy) is 1. The summed E-state index contributed by atoms with van der Waals surface area (Å²) in [4.78, 5) is 4.23. The van der Waals surface area contributed by atoms with E-state index >= 15 is 0 Å². The molecule has 0 saturated carbocycles. The molecule has 1 rings (SSSR count). The number of aliphatic imine (C=N–C) groups is 1. The topological polar surface area (TPSA) is 45.7 Å². The van der Waals surface area contributed by atoms with Crippen LogP contribution in [0.3, 0.4) is 0 Å². The first-order valence-corrected chi connectivity index (χ1v) is 7.67. The van der Waals surface area contributed by atoms with Gasteiger partial charge in [-0.1, -0.05) is 31.5 Å². The van der Waals surface area contributed by atoms with Crippen LogP contribution >= 0.6 is 24.0 Å². The summed E-state index contributed by atoms with van der Waals surface area (Å²) in [5, 5.41) is 6.64. The summed E-state index contributed by atoms with van der Waals surface area (Å²) in [5.74, 6) is 1.75. The molecule has 0 atom stereocenters. The zero-order valence-corrected chi connectivity index (χ0v) is 16.7. The zero-order valence-electron chi connectivity index (χ0n) is 14.4. The molecule has 0 aliphatic carbocycles. The third-order valence-electron chi connectivity index (χ3n) is 2.88. The molecule has 5 heteroatoms. The van der Waals surface area contributed by atoms with Gasteiger partial charge in [-0.2, -0.15) is 0 Å². The van der Waals surface area contributed by atoms with Crippen molar-refractivity contribution < 1.29 is 4.74 Å². The highest BCUT2D eigenvalue weighted by Gasteiger charge is 2.14. The second-order valence-corrected chi connectivity index (χ2v) is 6.03. The van der Waals surface area contributed by atoms with E-state index < -0.39 is 0 Å². The van der Waals surface area contributed by atoms with E-state index in [-0.39, 0.29) is 29.6 Å². The molecule has 0 aliphatic rings. The highest BCUT2D eigenvalue weighted by Crippen LogP contribution is 2.22. The van der Waals surface area contributed by atoms with Gasteiger partial charge in [0.2, 0.25) is 0 Å². The normalized spacial score (nSPS) is 11.6. The Bertz CT molecular complexity index is 455. The third-order valence-corrected chi connectivity index (χ3v) is 2.88. The SMILES string of the molecule is CCCCNC(=NC)NCc1ccccc1OC(C)(C)C.I. The summed E-state index contributed by atoms with van der Waals surface area (Å²) in [7, 11) is 1.79. The maximum Gasteiger partial charge on any atom is 0.191 e. The first kappa shape index (κ1) is 21.0. The number of nitrogens with one attached hydrogen (secondary N) is 2.